The van der Waals surface area contributed by atoms with Crippen molar-refractivity contribution in [2.45, 2.75) is 39.0 Å². The van der Waals surface area contributed by atoms with Gasteiger partial charge in [-0.2, -0.15) is 0 Å². The third-order valence-corrected chi connectivity index (χ3v) is 6.05. The number of nitrogens with zero attached hydrogens (tertiary/aromatic N) is 1. The van der Waals surface area contributed by atoms with Crippen molar-refractivity contribution in [1.29, 1.82) is 0 Å². The third kappa shape index (κ3) is 5.54. The standard InChI is InChI=1S/C28H30N2O6/c1-4-34-26(31)15-19-10-12-24(33-3)25(14-19)35-23-13-11-22(29)16-21(23)17-30-18(2)27(36-28(30)32)20-8-6-5-7-9-20/h5-14,16,18,27H,4,15,17,29H2,1-3H3/t18-,27-/m0/s1. The minimum Gasteiger partial charge on any atom is -0.493 e. The molecule has 2 atom stereocenters. The summed E-state index contributed by atoms with van der Waals surface area (Å²) in [4.78, 5) is 26.4. The topological polar surface area (TPSA) is 100 Å². The molecule has 1 fully saturated rings. The molecule has 3 aromatic carbocycles. The van der Waals surface area contributed by atoms with E-state index in [1.54, 1.807) is 55.3 Å². The van der Waals surface area contributed by atoms with Crippen molar-refractivity contribution in [3.63, 3.8) is 0 Å². The van der Waals surface area contributed by atoms with Gasteiger partial charge in [0.15, 0.2) is 11.5 Å². The van der Waals surface area contributed by atoms with Gasteiger partial charge in [0.25, 0.3) is 0 Å². The predicted molar refractivity (Wildman–Crippen MR) is 135 cm³/mol. The molecule has 188 valence electrons. The monoisotopic (exact) mass is 490 g/mol. The molecule has 0 radical (unpaired) electrons. The molecule has 0 saturated carbocycles. The summed E-state index contributed by atoms with van der Waals surface area (Å²) in [6.45, 7) is 4.28. The van der Waals surface area contributed by atoms with Crippen LogP contribution in [0.15, 0.2) is 66.7 Å². The molecule has 1 saturated heterocycles. The first-order chi connectivity index (χ1) is 17.4. The van der Waals surface area contributed by atoms with Crippen LogP contribution in [-0.4, -0.2) is 36.7 Å². The highest BCUT2D eigenvalue weighted by molar-refractivity contribution is 5.73. The molecule has 3 aromatic rings. The molecular weight excluding hydrogens is 460 g/mol. The number of hydrogen-bond donors (Lipinski definition) is 1. The number of carbonyl (C=O) groups excluding carboxylic acids is 2. The van der Waals surface area contributed by atoms with Crippen molar-refractivity contribution in [2.75, 3.05) is 19.5 Å². The van der Waals surface area contributed by atoms with Crippen LogP contribution >= 0.6 is 0 Å². The van der Waals surface area contributed by atoms with E-state index >= 15 is 0 Å². The van der Waals surface area contributed by atoms with Gasteiger partial charge in [-0.25, -0.2) is 4.79 Å². The Morgan fingerprint density at radius 3 is 2.50 bits per heavy atom. The maximum Gasteiger partial charge on any atom is 0.411 e. The van der Waals surface area contributed by atoms with Crippen LogP contribution in [0.25, 0.3) is 0 Å². The predicted octanol–water partition coefficient (Wildman–Crippen LogP) is 5.26. The first kappa shape index (κ1) is 24.9. The molecule has 1 heterocycles. The number of nitrogens with two attached hydrogens (primary N) is 1. The van der Waals surface area contributed by atoms with Crippen molar-refractivity contribution in [2.24, 2.45) is 0 Å². The molecule has 1 amide bonds. The van der Waals surface area contributed by atoms with Gasteiger partial charge in [-0.15, -0.1) is 0 Å². The van der Waals surface area contributed by atoms with E-state index in [0.29, 0.717) is 35.1 Å². The average Bonchev–Trinajstić information content (AvgIpc) is 3.15. The van der Waals surface area contributed by atoms with Gasteiger partial charge in [0.05, 0.1) is 32.7 Å². The Kier molecular flexibility index (Phi) is 7.63. The van der Waals surface area contributed by atoms with Crippen molar-refractivity contribution in [1.82, 2.24) is 4.90 Å². The zero-order chi connectivity index (χ0) is 25.7. The highest BCUT2D eigenvalue weighted by atomic mass is 16.6. The molecule has 4 rings (SSSR count). The Balaban J connectivity index is 1.59. The number of benzene rings is 3. The number of esters is 1. The normalized spacial score (nSPS) is 17.0. The van der Waals surface area contributed by atoms with E-state index in [0.717, 1.165) is 11.1 Å². The summed E-state index contributed by atoms with van der Waals surface area (Å²) in [6, 6.07) is 20.0. The van der Waals surface area contributed by atoms with Crippen LogP contribution in [0.3, 0.4) is 0 Å². The van der Waals surface area contributed by atoms with Gasteiger partial charge in [0, 0.05) is 11.3 Å². The first-order valence-corrected chi connectivity index (χ1v) is 11.8. The summed E-state index contributed by atoms with van der Waals surface area (Å²) in [7, 11) is 1.54. The van der Waals surface area contributed by atoms with E-state index in [2.05, 4.69) is 0 Å². The fraction of sp³-hybridized carbons (Fsp3) is 0.286. The lowest BCUT2D eigenvalue weighted by Crippen LogP contribution is -2.31. The highest BCUT2D eigenvalue weighted by Crippen LogP contribution is 2.38. The van der Waals surface area contributed by atoms with E-state index in [1.165, 1.54) is 0 Å². The first-order valence-electron chi connectivity index (χ1n) is 11.8. The Hall–Kier alpha value is -4.20. The number of cyclic esters (lactones) is 1. The van der Waals surface area contributed by atoms with Crippen LogP contribution in [0.1, 0.15) is 36.6 Å². The molecule has 36 heavy (non-hydrogen) atoms. The maximum atomic E-state index is 12.8. The number of anilines is 1. The van der Waals surface area contributed by atoms with Crippen LogP contribution in [0.5, 0.6) is 17.2 Å². The smallest absolute Gasteiger partial charge is 0.411 e. The van der Waals surface area contributed by atoms with Crippen LogP contribution in [0.4, 0.5) is 10.5 Å². The Labute approximate surface area is 210 Å². The second kappa shape index (κ2) is 11.0. The average molecular weight is 491 g/mol. The SMILES string of the molecule is CCOC(=O)Cc1ccc(OC)c(Oc2ccc(N)cc2CN2C(=O)O[C@H](c3ccccc3)[C@@H]2C)c1. The van der Waals surface area contributed by atoms with Crippen molar-refractivity contribution in [3.05, 3.63) is 83.4 Å². The molecule has 0 unspecified atom stereocenters. The van der Waals surface area contributed by atoms with Gasteiger partial charge in [0.2, 0.25) is 0 Å². The Morgan fingerprint density at radius 2 is 1.78 bits per heavy atom. The van der Waals surface area contributed by atoms with Gasteiger partial charge in [-0.1, -0.05) is 36.4 Å². The summed E-state index contributed by atoms with van der Waals surface area (Å²) in [5.41, 5.74) is 9.00. The summed E-state index contributed by atoms with van der Waals surface area (Å²) < 4.78 is 22.5. The molecule has 0 aliphatic carbocycles. The third-order valence-electron chi connectivity index (χ3n) is 6.05. The van der Waals surface area contributed by atoms with E-state index < -0.39 is 6.09 Å². The van der Waals surface area contributed by atoms with Gasteiger partial charge < -0.3 is 24.7 Å². The zero-order valence-corrected chi connectivity index (χ0v) is 20.6. The highest BCUT2D eigenvalue weighted by Gasteiger charge is 2.39. The minimum atomic E-state index is -0.404. The number of ether oxygens (including phenoxy) is 4. The molecule has 0 aromatic heterocycles. The number of nitrogen functional groups attached to an aromatic ring is 1. The molecule has 0 bridgehead atoms. The fourth-order valence-corrected chi connectivity index (χ4v) is 4.22. The Bertz CT molecular complexity index is 1230. The zero-order valence-electron chi connectivity index (χ0n) is 20.6. The molecule has 8 heteroatoms. The molecule has 0 spiro atoms. The van der Waals surface area contributed by atoms with Gasteiger partial charge in [-0.3, -0.25) is 9.69 Å². The summed E-state index contributed by atoms with van der Waals surface area (Å²) in [5.74, 6) is 1.13. The van der Waals surface area contributed by atoms with Crippen LogP contribution in [-0.2, 0) is 27.2 Å². The summed E-state index contributed by atoms with van der Waals surface area (Å²) >= 11 is 0. The van der Waals surface area contributed by atoms with Crippen LogP contribution in [0, 0.1) is 0 Å². The van der Waals surface area contributed by atoms with Crippen molar-refractivity contribution < 1.29 is 28.5 Å². The Morgan fingerprint density at radius 1 is 1.03 bits per heavy atom. The number of carbonyl (C=O) groups is 2. The fourth-order valence-electron chi connectivity index (χ4n) is 4.22. The number of hydrogen-bond acceptors (Lipinski definition) is 7. The lowest BCUT2D eigenvalue weighted by molar-refractivity contribution is -0.142. The van der Waals surface area contributed by atoms with Gasteiger partial charge in [-0.05, 0) is 55.3 Å². The minimum absolute atomic E-state index is 0.112. The van der Waals surface area contributed by atoms with E-state index in [1.807, 2.05) is 37.3 Å². The lowest BCUT2D eigenvalue weighted by Gasteiger charge is -2.23. The largest absolute Gasteiger partial charge is 0.493 e. The number of methoxy groups -OCH3 is 1. The van der Waals surface area contributed by atoms with Gasteiger partial charge in [0.1, 0.15) is 11.9 Å². The van der Waals surface area contributed by atoms with Crippen molar-refractivity contribution in [3.8, 4) is 17.2 Å². The van der Waals surface area contributed by atoms with Crippen LogP contribution < -0.4 is 15.2 Å². The van der Waals surface area contributed by atoms with E-state index in [4.69, 9.17) is 24.7 Å². The molecule has 1 aliphatic rings. The number of amides is 1. The molecule has 1 aliphatic heterocycles. The van der Waals surface area contributed by atoms with Crippen LogP contribution in [0.2, 0.25) is 0 Å². The molecule has 8 nitrogen and oxygen atoms in total. The summed E-state index contributed by atoms with van der Waals surface area (Å²) in [5, 5.41) is 0. The second-order valence-corrected chi connectivity index (χ2v) is 8.52. The second-order valence-electron chi connectivity index (χ2n) is 8.52. The maximum absolute atomic E-state index is 12.8. The quantitative estimate of drug-likeness (QED) is 0.323. The van der Waals surface area contributed by atoms with Crippen molar-refractivity contribution >= 4 is 17.7 Å². The van der Waals surface area contributed by atoms with E-state index in [-0.39, 0.29) is 31.1 Å². The molecular formula is C28H30N2O6. The summed E-state index contributed by atoms with van der Waals surface area (Å²) in [6.07, 6.45) is -0.664. The number of rotatable bonds is 9. The van der Waals surface area contributed by atoms with Gasteiger partial charge >= 0.3 is 12.1 Å². The van der Waals surface area contributed by atoms with E-state index in [9.17, 15) is 9.59 Å². The molecule has 2 N–H and O–H groups in total. The lowest BCUT2D eigenvalue weighted by atomic mass is 10.0.